The van der Waals surface area contributed by atoms with E-state index in [0.29, 0.717) is 24.2 Å². The van der Waals surface area contributed by atoms with Crippen molar-refractivity contribution in [2.75, 3.05) is 36.5 Å². The Labute approximate surface area is 231 Å². The maximum Gasteiger partial charge on any atom is 0.262 e. The summed E-state index contributed by atoms with van der Waals surface area (Å²) in [5.74, 6) is 1.55. The van der Waals surface area contributed by atoms with Gasteiger partial charge in [0.05, 0.1) is 12.7 Å². The minimum absolute atomic E-state index is 0.0276. The van der Waals surface area contributed by atoms with E-state index < -0.39 is 0 Å². The van der Waals surface area contributed by atoms with Crippen LogP contribution in [-0.2, 0) is 9.53 Å². The SMILES string of the molecule is CC(C)[C@@H]1C[C@H](c2ccccc2Cl)CO[C@H]1c1cccc(OCC(=O)Nc2ccc(N3CCCC3)cc2)c1. The minimum Gasteiger partial charge on any atom is -0.484 e. The Morgan fingerprint density at radius 2 is 1.82 bits per heavy atom. The summed E-state index contributed by atoms with van der Waals surface area (Å²) in [5.41, 5.74) is 4.22. The number of ether oxygens (including phenoxy) is 2. The molecule has 0 unspecified atom stereocenters. The highest BCUT2D eigenvalue weighted by atomic mass is 35.5. The van der Waals surface area contributed by atoms with E-state index in [4.69, 9.17) is 21.1 Å². The first kappa shape index (κ1) is 26.6. The number of benzene rings is 3. The number of hydrogen-bond acceptors (Lipinski definition) is 4. The molecular formula is C32H37ClN2O3. The van der Waals surface area contributed by atoms with Crippen molar-refractivity contribution in [3.05, 3.63) is 88.9 Å². The summed E-state index contributed by atoms with van der Waals surface area (Å²) in [6, 6.07) is 24.1. The van der Waals surface area contributed by atoms with Crippen molar-refractivity contribution in [3.8, 4) is 5.75 Å². The Balaban J connectivity index is 1.19. The molecule has 1 amide bonds. The number of carbonyl (C=O) groups excluding carboxylic acids is 1. The Morgan fingerprint density at radius 1 is 1.05 bits per heavy atom. The van der Waals surface area contributed by atoms with E-state index in [0.717, 1.165) is 41.3 Å². The summed E-state index contributed by atoms with van der Waals surface area (Å²) in [4.78, 5) is 14.9. The first-order chi connectivity index (χ1) is 18.5. The Kier molecular flexibility index (Phi) is 8.55. The van der Waals surface area contributed by atoms with E-state index in [9.17, 15) is 4.79 Å². The first-order valence-corrected chi connectivity index (χ1v) is 14.1. The Bertz CT molecular complexity index is 1220. The van der Waals surface area contributed by atoms with Crippen molar-refractivity contribution in [3.63, 3.8) is 0 Å². The fourth-order valence-electron chi connectivity index (χ4n) is 5.71. The molecule has 3 aromatic carbocycles. The highest BCUT2D eigenvalue weighted by molar-refractivity contribution is 6.31. The summed E-state index contributed by atoms with van der Waals surface area (Å²) in [7, 11) is 0. The summed E-state index contributed by atoms with van der Waals surface area (Å²) < 4.78 is 12.4. The monoisotopic (exact) mass is 532 g/mol. The van der Waals surface area contributed by atoms with Crippen molar-refractivity contribution >= 4 is 28.9 Å². The van der Waals surface area contributed by atoms with Crippen LogP contribution >= 0.6 is 11.6 Å². The molecule has 5 rings (SSSR count). The van der Waals surface area contributed by atoms with Crippen LogP contribution in [-0.4, -0.2) is 32.2 Å². The molecule has 200 valence electrons. The fourth-order valence-corrected chi connectivity index (χ4v) is 6.00. The zero-order valence-electron chi connectivity index (χ0n) is 22.2. The second-order valence-corrected chi connectivity index (χ2v) is 11.2. The average Bonchev–Trinajstić information content (AvgIpc) is 3.48. The summed E-state index contributed by atoms with van der Waals surface area (Å²) in [6.45, 7) is 7.28. The van der Waals surface area contributed by atoms with Gasteiger partial charge in [-0.2, -0.15) is 0 Å². The summed E-state index contributed by atoms with van der Waals surface area (Å²) in [6.07, 6.45) is 3.46. The number of halogens is 1. The minimum atomic E-state index is -0.180. The number of nitrogens with one attached hydrogen (secondary N) is 1. The van der Waals surface area contributed by atoms with Crippen LogP contribution in [0, 0.1) is 11.8 Å². The van der Waals surface area contributed by atoms with E-state index in [1.54, 1.807) is 0 Å². The van der Waals surface area contributed by atoms with Gasteiger partial charge in [0.25, 0.3) is 5.91 Å². The summed E-state index contributed by atoms with van der Waals surface area (Å²) >= 11 is 6.50. The van der Waals surface area contributed by atoms with Gasteiger partial charge in [0.15, 0.2) is 6.61 Å². The molecule has 0 bridgehead atoms. The molecule has 3 aromatic rings. The number of amides is 1. The van der Waals surface area contributed by atoms with Crippen molar-refractivity contribution in [2.45, 2.75) is 45.1 Å². The first-order valence-electron chi connectivity index (χ1n) is 13.7. The van der Waals surface area contributed by atoms with Gasteiger partial charge in [-0.3, -0.25) is 4.79 Å². The number of anilines is 2. The normalized spacial score (nSPS) is 21.5. The topological polar surface area (TPSA) is 50.8 Å². The van der Waals surface area contributed by atoms with Gasteiger partial charge in [-0.25, -0.2) is 0 Å². The molecule has 0 aromatic heterocycles. The van der Waals surface area contributed by atoms with Crippen molar-refractivity contribution < 1.29 is 14.3 Å². The zero-order chi connectivity index (χ0) is 26.5. The molecular weight excluding hydrogens is 496 g/mol. The molecule has 0 radical (unpaired) electrons. The van der Waals surface area contributed by atoms with Gasteiger partial charge in [0.2, 0.25) is 0 Å². The van der Waals surface area contributed by atoms with Crippen LogP contribution < -0.4 is 15.0 Å². The molecule has 2 aliphatic rings. The van der Waals surface area contributed by atoms with Crippen molar-refractivity contribution in [1.82, 2.24) is 0 Å². The van der Waals surface area contributed by atoms with Gasteiger partial charge in [0.1, 0.15) is 5.75 Å². The molecule has 6 heteroatoms. The zero-order valence-corrected chi connectivity index (χ0v) is 23.0. The largest absolute Gasteiger partial charge is 0.484 e. The van der Waals surface area contributed by atoms with Gasteiger partial charge in [0, 0.05) is 35.4 Å². The Morgan fingerprint density at radius 3 is 2.55 bits per heavy atom. The third-order valence-corrected chi connectivity index (χ3v) is 8.15. The average molecular weight is 533 g/mol. The van der Waals surface area contributed by atoms with Gasteiger partial charge in [-0.15, -0.1) is 0 Å². The molecule has 5 nitrogen and oxygen atoms in total. The van der Waals surface area contributed by atoms with Gasteiger partial charge in [-0.05, 0) is 84.7 Å². The predicted molar refractivity (Wildman–Crippen MR) is 154 cm³/mol. The Hall–Kier alpha value is -3.02. The number of hydrogen-bond donors (Lipinski definition) is 1. The lowest BCUT2D eigenvalue weighted by Gasteiger charge is -2.39. The standard InChI is InChI=1S/C32H37ClN2O3/c1-22(2)29-19-24(28-10-3-4-11-30(28)33)20-38-32(29)23-8-7-9-27(18-23)37-21-31(36)34-25-12-14-26(15-13-25)35-16-5-6-17-35/h3-4,7-15,18,22,24,29,32H,5-6,16-17,19-21H2,1-2H3,(H,34,36)/t24-,29-,32-/m0/s1. The molecule has 2 fully saturated rings. The van der Waals surface area contributed by atoms with Gasteiger partial charge in [-0.1, -0.05) is 55.8 Å². The van der Waals surface area contributed by atoms with E-state index in [1.807, 2.05) is 48.5 Å². The molecule has 3 atom stereocenters. The predicted octanol–water partition coefficient (Wildman–Crippen LogP) is 7.48. The van der Waals surface area contributed by atoms with E-state index in [2.05, 4.69) is 48.3 Å². The third kappa shape index (κ3) is 6.33. The molecule has 0 saturated carbocycles. The quantitative estimate of drug-likeness (QED) is 0.327. The van der Waals surface area contributed by atoms with E-state index >= 15 is 0 Å². The number of nitrogens with zero attached hydrogens (tertiary/aromatic N) is 1. The van der Waals surface area contributed by atoms with E-state index in [-0.39, 0.29) is 24.5 Å². The van der Waals surface area contributed by atoms with E-state index in [1.165, 1.54) is 18.5 Å². The maximum atomic E-state index is 12.6. The fraction of sp³-hybridized carbons (Fsp3) is 0.406. The molecule has 2 heterocycles. The second-order valence-electron chi connectivity index (χ2n) is 10.8. The van der Waals surface area contributed by atoms with Gasteiger partial charge >= 0.3 is 0 Å². The van der Waals surface area contributed by atoms with Crippen LogP contribution in [0.25, 0.3) is 0 Å². The molecule has 0 aliphatic carbocycles. The number of carbonyl (C=O) groups is 1. The molecule has 2 saturated heterocycles. The van der Waals surface area contributed by atoms with Crippen LogP contribution in [0.4, 0.5) is 11.4 Å². The van der Waals surface area contributed by atoms with Gasteiger partial charge < -0.3 is 19.7 Å². The lowest BCUT2D eigenvalue weighted by molar-refractivity contribution is -0.118. The molecule has 2 aliphatic heterocycles. The summed E-state index contributed by atoms with van der Waals surface area (Å²) in [5, 5.41) is 3.74. The van der Waals surface area contributed by atoms with Crippen molar-refractivity contribution in [1.29, 1.82) is 0 Å². The smallest absolute Gasteiger partial charge is 0.262 e. The lowest BCUT2D eigenvalue weighted by atomic mass is 9.76. The number of rotatable bonds is 8. The van der Waals surface area contributed by atoms with Crippen LogP contribution in [0.2, 0.25) is 5.02 Å². The molecule has 1 N–H and O–H groups in total. The molecule has 0 spiro atoms. The maximum absolute atomic E-state index is 12.6. The van der Waals surface area contributed by atoms with Crippen LogP contribution in [0.5, 0.6) is 5.75 Å². The lowest BCUT2D eigenvalue weighted by Crippen LogP contribution is -2.31. The third-order valence-electron chi connectivity index (χ3n) is 7.80. The second kappa shape index (κ2) is 12.2. The molecule has 38 heavy (non-hydrogen) atoms. The highest BCUT2D eigenvalue weighted by Crippen LogP contribution is 2.45. The van der Waals surface area contributed by atoms with Crippen LogP contribution in [0.3, 0.4) is 0 Å². The highest BCUT2D eigenvalue weighted by Gasteiger charge is 2.35. The van der Waals surface area contributed by atoms with Crippen molar-refractivity contribution in [2.24, 2.45) is 11.8 Å². The van der Waals surface area contributed by atoms with Crippen LogP contribution in [0.15, 0.2) is 72.8 Å². The van der Waals surface area contributed by atoms with Crippen LogP contribution in [0.1, 0.15) is 56.3 Å².